The van der Waals surface area contributed by atoms with Crippen LogP contribution in [-0.4, -0.2) is 23.2 Å². The molecule has 0 bridgehead atoms. The second kappa shape index (κ2) is 12.0. The van der Waals surface area contributed by atoms with Gasteiger partial charge in [-0.25, -0.2) is 0 Å². The SMILES string of the molecule is CCCCCCCCCCCC(=O)N[C@H]1CCCC[C@@H]1O. The first-order valence-electron chi connectivity index (χ1n) is 9.21. The molecule has 1 amide bonds. The van der Waals surface area contributed by atoms with E-state index < -0.39 is 0 Å². The van der Waals surface area contributed by atoms with E-state index in [0.29, 0.717) is 6.42 Å². The van der Waals surface area contributed by atoms with E-state index in [0.717, 1.165) is 38.5 Å². The largest absolute Gasteiger partial charge is 0.391 e. The van der Waals surface area contributed by atoms with E-state index in [2.05, 4.69) is 12.2 Å². The summed E-state index contributed by atoms with van der Waals surface area (Å²) in [6.07, 6.45) is 15.8. The maximum absolute atomic E-state index is 11.8. The molecule has 1 fully saturated rings. The van der Waals surface area contributed by atoms with Gasteiger partial charge in [0.15, 0.2) is 0 Å². The highest BCUT2D eigenvalue weighted by Crippen LogP contribution is 2.18. The smallest absolute Gasteiger partial charge is 0.220 e. The van der Waals surface area contributed by atoms with Crippen LogP contribution < -0.4 is 5.32 Å². The van der Waals surface area contributed by atoms with E-state index in [1.807, 2.05) is 0 Å². The van der Waals surface area contributed by atoms with Crippen molar-refractivity contribution in [2.45, 2.75) is 109 Å². The van der Waals surface area contributed by atoms with Crippen molar-refractivity contribution in [1.29, 1.82) is 0 Å². The van der Waals surface area contributed by atoms with Gasteiger partial charge in [0.1, 0.15) is 0 Å². The Morgan fingerprint density at radius 1 is 0.952 bits per heavy atom. The van der Waals surface area contributed by atoms with Crippen LogP contribution in [0.2, 0.25) is 0 Å². The van der Waals surface area contributed by atoms with Gasteiger partial charge in [0.05, 0.1) is 12.1 Å². The van der Waals surface area contributed by atoms with Gasteiger partial charge in [-0.05, 0) is 19.3 Å². The van der Waals surface area contributed by atoms with E-state index in [9.17, 15) is 9.90 Å². The van der Waals surface area contributed by atoms with Crippen LogP contribution in [0, 0.1) is 0 Å². The molecule has 0 heterocycles. The van der Waals surface area contributed by atoms with Crippen molar-refractivity contribution in [3.05, 3.63) is 0 Å². The molecule has 3 nitrogen and oxygen atoms in total. The molecule has 0 aliphatic heterocycles. The Balaban J connectivity index is 1.91. The zero-order valence-corrected chi connectivity index (χ0v) is 13.9. The van der Waals surface area contributed by atoms with Crippen LogP contribution in [0.1, 0.15) is 96.8 Å². The number of hydrogen-bond donors (Lipinski definition) is 2. The second-order valence-corrected chi connectivity index (χ2v) is 6.60. The van der Waals surface area contributed by atoms with Crippen LogP contribution in [0.5, 0.6) is 0 Å². The molecule has 0 aromatic rings. The van der Waals surface area contributed by atoms with Crippen LogP contribution in [-0.2, 0) is 4.79 Å². The van der Waals surface area contributed by atoms with Gasteiger partial charge in [-0.1, -0.05) is 71.1 Å². The first-order valence-corrected chi connectivity index (χ1v) is 9.21. The van der Waals surface area contributed by atoms with Gasteiger partial charge in [0, 0.05) is 6.42 Å². The molecule has 21 heavy (non-hydrogen) atoms. The molecule has 2 N–H and O–H groups in total. The molecule has 1 aliphatic carbocycles. The summed E-state index contributed by atoms with van der Waals surface area (Å²) in [5.74, 6) is 0.129. The molecule has 0 aromatic carbocycles. The van der Waals surface area contributed by atoms with Gasteiger partial charge < -0.3 is 10.4 Å². The summed E-state index contributed by atoms with van der Waals surface area (Å²) in [5, 5.41) is 12.8. The molecule has 0 spiro atoms. The van der Waals surface area contributed by atoms with Gasteiger partial charge in [-0.3, -0.25) is 4.79 Å². The quantitative estimate of drug-likeness (QED) is 0.558. The van der Waals surface area contributed by atoms with E-state index >= 15 is 0 Å². The van der Waals surface area contributed by atoms with Gasteiger partial charge >= 0.3 is 0 Å². The number of carbonyl (C=O) groups is 1. The summed E-state index contributed by atoms with van der Waals surface area (Å²) < 4.78 is 0. The summed E-state index contributed by atoms with van der Waals surface area (Å²) in [4.78, 5) is 11.8. The fourth-order valence-electron chi connectivity index (χ4n) is 3.15. The Hall–Kier alpha value is -0.570. The Bertz CT molecular complexity index is 268. The second-order valence-electron chi connectivity index (χ2n) is 6.60. The fourth-order valence-corrected chi connectivity index (χ4v) is 3.15. The predicted molar refractivity (Wildman–Crippen MR) is 88.2 cm³/mol. The number of hydrogen-bond acceptors (Lipinski definition) is 2. The maximum atomic E-state index is 11.8. The number of amides is 1. The molecule has 0 aromatic heterocycles. The standard InChI is InChI=1S/C18H35NO2/c1-2-3-4-5-6-7-8-9-10-15-18(21)19-16-13-11-12-14-17(16)20/h16-17,20H,2-15H2,1H3,(H,19,21)/t16-,17-/m0/s1. The lowest BCUT2D eigenvalue weighted by Crippen LogP contribution is -2.44. The number of aliphatic hydroxyl groups excluding tert-OH is 1. The van der Waals surface area contributed by atoms with Gasteiger partial charge in [-0.15, -0.1) is 0 Å². The van der Waals surface area contributed by atoms with Crippen LogP contribution >= 0.6 is 0 Å². The zero-order chi connectivity index (χ0) is 15.3. The zero-order valence-electron chi connectivity index (χ0n) is 13.9. The van der Waals surface area contributed by atoms with Crippen molar-refractivity contribution in [3.63, 3.8) is 0 Å². The number of carbonyl (C=O) groups excluding carboxylic acids is 1. The highest BCUT2D eigenvalue weighted by molar-refractivity contribution is 5.76. The number of nitrogens with one attached hydrogen (secondary N) is 1. The Kier molecular flexibility index (Phi) is 10.6. The fraction of sp³-hybridized carbons (Fsp3) is 0.944. The Morgan fingerprint density at radius 2 is 1.52 bits per heavy atom. The molecule has 3 heteroatoms. The summed E-state index contributed by atoms with van der Waals surface area (Å²) in [6, 6.07) is 0.00446. The van der Waals surface area contributed by atoms with Gasteiger partial charge in [0.2, 0.25) is 5.91 Å². The molecule has 1 rings (SSSR count). The average Bonchev–Trinajstić information content (AvgIpc) is 2.48. The topological polar surface area (TPSA) is 49.3 Å². The van der Waals surface area contributed by atoms with Crippen molar-refractivity contribution in [2.75, 3.05) is 0 Å². The van der Waals surface area contributed by atoms with Crippen LogP contribution in [0.4, 0.5) is 0 Å². The van der Waals surface area contributed by atoms with E-state index in [1.54, 1.807) is 0 Å². The van der Waals surface area contributed by atoms with Crippen LogP contribution in [0.25, 0.3) is 0 Å². The lowest BCUT2D eigenvalue weighted by Gasteiger charge is -2.28. The predicted octanol–water partition coefficient (Wildman–Crippen LogP) is 4.33. The van der Waals surface area contributed by atoms with Crippen molar-refractivity contribution in [1.82, 2.24) is 5.32 Å². The summed E-state index contributed by atoms with van der Waals surface area (Å²) in [6.45, 7) is 2.25. The molecule has 1 aliphatic rings. The molecular formula is C18H35NO2. The van der Waals surface area contributed by atoms with E-state index in [1.165, 1.54) is 44.9 Å². The van der Waals surface area contributed by atoms with Gasteiger partial charge in [-0.2, -0.15) is 0 Å². The van der Waals surface area contributed by atoms with E-state index in [4.69, 9.17) is 0 Å². The third kappa shape index (κ3) is 9.13. The number of rotatable bonds is 11. The van der Waals surface area contributed by atoms with Crippen molar-refractivity contribution >= 4 is 5.91 Å². The molecule has 2 atom stereocenters. The minimum atomic E-state index is -0.328. The highest BCUT2D eigenvalue weighted by Gasteiger charge is 2.23. The van der Waals surface area contributed by atoms with Crippen molar-refractivity contribution in [2.24, 2.45) is 0 Å². The Labute approximate surface area is 130 Å². The third-order valence-corrected chi connectivity index (χ3v) is 4.58. The summed E-state index contributed by atoms with van der Waals surface area (Å²) in [7, 11) is 0. The lowest BCUT2D eigenvalue weighted by molar-refractivity contribution is -0.123. The molecule has 0 radical (unpaired) electrons. The number of aliphatic hydroxyl groups is 1. The lowest BCUT2D eigenvalue weighted by atomic mass is 9.92. The number of unbranched alkanes of at least 4 members (excludes halogenated alkanes) is 8. The molecule has 0 unspecified atom stereocenters. The normalized spacial score (nSPS) is 22.2. The van der Waals surface area contributed by atoms with Crippen molar-refractivity contribution < 1.29 is 9.90 Å². The summed E-state index contributed by atoms with van der Waals surface area (Å²) >= 11 is 0. The summed E-state index contributed by atoms with van der Waals surface area (Å²) in [5.41, 5.74) is 0. The monoisotopic (exact) mass is 297 g/mol. The average molecular weight is 297 g/mol. The maximum Gasteiger partial charge on any atom is 0.220 e. The van der Waals surface area contributed by atoms with Crippen LogP contribution in [0.15, 0.2) is 0 Å². The van der Waals surface area contributed by atoms with Crippen molar-refractivity contribution in [3.8, 4) is 0 Å². The molecule has 1 saturated carbocycles. The third-order valence-electron chi connectivity index (χ3n) is 4.58. The first-order chi connectivity index (χ1) is 10.2. The van der Waals surface area contributed by atoms with Gasteiger partial charge in [0.25, 0.3) is 0 Å². The highest BCUT2D eigenvalue weighted by atomic mass is 16.3. The van der Waals surface area contributed by atoms with E-state index in [-0.39, 0.29) is 18.1 Å². The van der Waals surface area contributed by atoms with Crippen LogP contribution in [0.3, 0.4) is 0 Å². The molecular weight excluding hydrogens is 262 g/mol. The first kappa shape index (κ1) is 18.5. The minimum absolute atomic E-state index is 0.00446. The minimum Gasteiger partial charge on any atom is -0.391 e. The molecule has 124 valence electrons. The molecule has 0 saturated heterocycles. The Morgan fingerprint density at radius 3 is 2.14 bits per heavy atom.